The van der Waals surface area contributed by atoms with Crippen LogP contribution in [0.1, 0.15) is 51.4 Å². The van der Waals surface area contributed by atoms with Gasteiger partial charge in [-0.25, -0.2) is 4.79 Å². The number of nitrogens with one attached hydrogen (secondary N) is 1. The van der Waals surface area contributed by atoms with Crippen LogP contribution in [0.5, 0.6) is 0 Å². The molecule has 208 valence electrons. The Morgan fingerprint density at radius 3 is 2.50 bits per heavy atom. The quantitative estimate of drug-likeness (QED) is 0.400. The third-order valence-corrected chi connectivity index (χ3v) is 7.62. The molecule has 3 aromatic carbocycles. The third kappa shape index (κ3) is 6.03. The molecule has 2 atom stereocenters. The van der Waals surface area contributed by atoms with Crippen LogP contribution in [0.2, 0.25) is 0 Å². The normalized spacial score (nSPS) is 18.1. The van der Waals surface area contributed by atoms with Crippen LogP contribution in [-0.2, 0) is 33.8 Å². The Labute approximate surface area is 230 Å². The molecule has 1 fully saturated rings. The minimum absolute atomic E-state index is 0.00997. The van der Waals surface area contributed by atoms with Crippen molar-refractivity contribution in [1.29, 1.82) is 0 Å². The molecule has 1 aliphatic heterocycles. The number of carbonyl (C=O) groups is 3. The van der Waals surface area contributed by atoms with Crippen LogP contribution in [0, 0.1) is 5.92 Å². The lowest BCUT2D eigenvalue weighted by Gasteiger charge is -2.32. The fourth-order valence-electron chi connectivity index (χ4n) is 5.47. The van der Waals surface area contributed by atoms with Gasteiger partial charge < -0.3 is 15.0 Å². The summed E-state index contributed by atoms with van der Waals surface area (Å²) in [4.78, 5) is 38.7. The molecular weight excluding hydrogens is 521 g/mol. The van der Waals surface area contributed by atoms with Gasteiger partial charge in [-0.3, -0.25) is 9.59 Å². The van der Waals surface area contributed by atoms with Gasteiger partial charge in [0.25, 0.3) is 0 Å². The van der Waals surface area contributed by atoms with Gasteiger partial charge in [-0.05, 0) is 64.3 Å². The van der Waals surface area contributed by atoms with Crippen LogP contribution >= 0.6 is 0 Å². The monoisotopic (exact) mass is 550 g/mol. The largest absolute Gasteiger partial charge is 0.465 e. The number of hydrogen-bond acceptors (Lipinski definition) is 4. The van der Waals surface area contributed by atoms with Gasteiger partial charge in [-0.15, -0.1) is 0 Å². The van der Waals surface area contributed by atoms with Gasteiger partial charge in [-0.1, -0.05) is 54.6 Å². The second-order valence-electron chi connectivity index (χ2n) is 10.2. The summed E-state index contributed by atoms with van der Waals surface area (Å²) < 4.78 is 43.7. The van der Waals surface area contributed by atoms with Gasteiger partial charge in [-0.2, -0.15) is 13.2 Å². The number of ether oxygens (including phenoxy) is 1. The molecule has 2 amide bonds. The van der Waals surface area contributed by atoms with Gasteiger partial charge in [0.1, 0.15) is 6.42 Å². The molecule has 3 aromatic rings. The van der Waals surface area contributed by atoms with E-state index < -0.39 is 24.5 Å². The van der Waals surface area contributed by atoms with E-state index in [0.717, 1.165) is 39.8 Å². The summed E-state index contributed by atoms with van der Waals surface area (Å²) in [6, 6.07) is 20.5. The molecule has 1 saturated carbocycles. The minimum atomic E-state index is -4.59. The Morgan fingerprint density at radius 2 is 1.77 bits per heavy atom. The van der Waals surface area contributed by atoms with Crippen molar-refractivity contribution >= 4 is 17.8 Å². The highest BCUT2D eigenvalue weighted by Crippen LogP contribution is 2.47. The van der Waals surface area contributed by atoms with Crippen LogP contribution < -0.4 is 5.32 Å². The van der Waals surface area contributed by atoms with Gasteiger partial charge in [0.05, 0.1) is 12.7 Å². The highest BCUT2D eigenvalue weighted by molar-refractivity contribution is 5.91. The second kappa shape index (κ2) is 11.2. The number of carbonyl (C=O) groups excluding carboxylic acids is 3. The van der Waals surface area contributed by atoms with Crippen LogP contribution in [-0.4, -0.2) is 42.5 Å². The molecule has 6 nitrogen and oxygen atoms in total. The molecule has 0 unspecified atom stereocenters. The van der Waals surface area contributed by atoms with E-state index in [-0.39, 0.29) is 37.4 Å². The number of amides is 2. The highest BCUT2D eigenvalue weighted by Gasteiger charge is 2.43. The van der Waals surface area contributed by atoms with Crippen molar-refractivity contribution < 1.29 is 32.3 Å². The summed E-state index contributed by atoms with van der Waals surface area (Å²) in [7, 11) is 1.30. The standard InChI is InChI=1S/C31H29F3N2O4/c1-40-30(39)21-9-5-8-20(14-21)23-11-10-22(17-35-29(38)26-15-25(26)19-6-3-2-4-7-19)27-18-36(13-12-24(23)27)28(37)16-31(32,33)34/h2-11,14,25-26H,12-13,15-18H2,1H3,(H,35,38)/t25-,26-/m0/s1. The van der Waals surface area contributed by atoms with Crippen molar-refractivity contribution in [2.45, 2.75) is 44.4 Å². The molecule has 9 heteroatoms. The number of rotatable bonds is 7. The fraction of sp³-hybridized carbons (Fsp3) is 0.323. The first-order chi connectivity index (χ1) is 19.1. The van der Waals surface area contributed by atoms with Crippen molar-refractivity contribution in [2.24, 2.45) is 5.92 Å². The predicted octanol–water partition coefficient (Wildman–Crippen LogP) is 5.40. The average Bonchev–Trinajstić information content (AvgIpc) is 3.76. The molecule has 40 heavy (non-hydrogen) atoms. The number of hydrogen-bond donors (Lipinski definition) is 1. The molecule has 1 N–H and O–H groups in total. The van der Waals surface area contributed by atoms with E-state index in [9.17, 15) is 27.6 Å². The van der Waals surface area contributed by atoms with Gasteiger partial charge in [0, 0.05) is 25.6 Å². The van der Waals surface area contributed by atoms with E-state index in [1.807, 2.05) is 48.5 Å². The molecule has 0 aromatic heterocycles. The van der Waals surface area contributed by atoms with Crippen LogP contribution in [0.4, 0.5) is 13.2 Å². The van der Waals surface area contributed by atoms with Crippen molar-refractivity contribution in [3.05, 3.63) is 94.5 Å². The molecule has 2 aliphatic rings. The zero-order chi connectivity index (χ0) is 28.4. The van der Waals surface area contributed by atoms with E-state index >= 15 is 0 Å². The summed E-state index contributed by atoms with van der Waals surface area (Å²) in [5.41, 5.74) is 5.44. The van der Waals surface area contributed by atoms with Crippen LogP contribution in [0.15, 0.2) is 66.7 Å². The van der Waals surface area contributed by atoms with Crippen LogP contribution in [0.25, 0.3) is 11.1 Å². The Balaban J connectivity index is 1.40. The predicted molar refractivity (Wildman–Crippen MR) is 142 cm³/mol. The first-order valence-corrected chi connectivity index (χ1v) is 13.1. The van der Waals surface area contributed by atoms with Gasteiger partial charge >= 0.3 is 12.1 Å². The summed E-state index contributed by atoms with van der Waals surface area (Å²) >= 11 is 0. The average molecular weight is 551 g/mol. The number of halogens is 3. The molecule has 1 heterocycles. The van der Waals surface area contributed by atoms with Gasteiger partial charge in [0.2, 0.25) is 11.8 Å². The summed E-state index contributed by atoms with van der Waals surface area (Å²) in [5, 5.41) is 3.00. The van der Waals surface area contributed by atoms with Crippen molar-refractivity contribution in [1.82, 2.24) is 10.2 Å². The summed E-state index contributed by atoms with van der Waals surface area (Å²) in [6.07, 6.45) is -5.00. The maximum absolute atomic E-state index is 13.0. The fourth-order valence-corrected chi connectivity index (χ4v) is 5.47. The first kappa shape index (κ1) is 27.4. The molecule has 0 saturated heterocycles. The topological polar surface area (TPSA) is 75.7 Å². The number of nitrogens with zero attached hydrogens (tertiary/aromatic N) is 1. The van der Waals surface area contributed by atoms with Gasteiger partial charge in [0.15, 0.2) is 0 Å². The lowest BCUT2D eigenvalue weighted by atomic mass is 9.87. The van der Waals surface area contributed by atoms with E-state index in [2.05, 4.69) is 5.32 Å². The Kier molecular flexibility index (Phi) is 7.65. The Hall–Kier alpha value is -4.14. The zero-order valence-electron chi connectivity index (χ0n) is 22.0. The van der Waals surface area contributed by atoms with Crippen molar-refractivity contribution in [3.63, 3.8) is 0 Å². The minimum Gasteiger partial charge on any atom is -0.465 e. The molecule has 5 rings (SSSR count). The molecule has 0 spiro atoms. The molecule has 1 aliphatic carbocycles. The number of benzene rings is 3. The van der Waals surface area contributed by atoms with Crippen LogP contribution in [0.3, 0.4) is 0 Å². The van der Waals surface area contributed by atoms with Crippen molar-refractivity contribution in [3.8, 4) is 11.1 Å². The summed E-state index contributed by atoms with van der Waals surface area (Å²) in [6.45, 7) is 0.348. The first-order valence-electron chi connectivity index (χ1n) is 13.1. The molecular formula is C31H29F3N2O4. The highest BCUT2D eigenvalue weighted by atomic mass is 19.4. The smallest absolute Gasteiger partial charge is 0.397 e. The number of methoxy groups -OCH3 is 1. The second-order valence-corrected chi connectivity index (χ2v) is 10.2. The van der Waals surface area contributed by atoms with E-state index in [1.165, 1.54) is 12.0 Å². The third-order valence-electron chi connectivity index (χ3n) is 7.62. The van der Waals surface area contributed by atoms with E-state index in [4.69, 9.17) is 4.74 Å². The Morgan fingerprint density at radius 1 is 1.00 bits per heavy atom. The zero-order valence-corrected chi connectivity index (χ0v) is 22.0. The van der Waals surface area contributed by atoms with E-state index in [1.54, 1.807) is 18.2 Å². The SMILES string of the molecule is COC(=O)c1cccc(-c2ccc(CNC(=O)[C@H]3C[C@H]3c3ccccc3)c3c2CCN(C(=O)CC(F)(F)F)C3)c1. The summed E-state index contributed by atoms with van der Waals surface area (Å²) in [5.74, 6) is -1.47. The molecule has 0 radical (unpaired) electrons. The van der Waals surface area contributed by atoms with Crippen molar-refractivity contribution in [2.75, 3.05) is 13.7 Å². The Bertz CT molecular complexity index is 1440. The van der Waals surface area contributed by atoms with E-state index in [0.29, 0.717) is 12.0 Å². The number of alkyl halides is 3. The number of esters is 1. The maximum atomic E-state index is 13.0. The lowest BCUT2D eigenvalue weighted by molar-refractivity contribution is -0.162. The number of fused-ring (bicyclic) bond motifs is 1. The molecule has 0 bridgehead atoms. The lowest BCUT2D eigenvalue weighted by Crippen LogP contribution is -2.39. The maximum Gasteiger partial charge on any atom is 0.397 e.